The van der Waals surface area contributed by atoms with Crippen molar-refractivity contribution in [1.82, 2.24) is 4.90 Å². The summed E-state index contributed by atoms with van der Waals surface area (Å²) in [5, 5.41) is 11.7. The average molecular weight is 227 g/mol. The van der Waals surface area contributed by atoms with E-state index >= 15 is 0 Å². The van der Waals surface area contributed by atoms with Crippen molar-refractivity contribution in [2.24, 2.45) is 0 Å². The van der Waals surface area contributed by atoms with Gasteiger partial charge in [0.2, 0.25) is 0 Å². The summed E-state index contributed by atoms with van der Waals surface area (Å²) in [6, 6.07) is 4.13. The van der Waals surface area contributed by atoms with E-state index in [-0.39, 0.29) is 12.1 Å². The zero-order valence-corrected chi connectivity index (χ0v) is 9.80. The van der Waals surface area contributed by atoms with E-state index in [1.165, 1.54) is 4.88 Å². The molecule has 1 saturated heterocycles. The van der Waals surface area contributed by atoms with Gasteiger partial charge in [0, 0.05) is 18.0 Å². The summed E-state index contributed by atoms with van der Waals surface area (Å²) in [5.41, 5.74) is -0.238. The van der Waals surface area contributed by atoms with Crippen molar-refractivity contribution in [3.63, 3.8) is 0 Å². The Hall–Kier alpha value is -0.420. The van der Waals surface area contributed by atoms with Gasteiger partial charge in [-0.2, -0.15) is 0 Å². The molecule has 0 radical (unpaired) electrons. The molecule has 2 heterocycles. The van der Waals surface area contributed by atoms with Crippen LogP contribution in [0.15, 0.2) is 17.5 Å². The lowest BCUT2D eigenvalue weighted by atomic mass is 9.98. The number of hydrogen-bond acceptors (Lipinski definition) is 4. The second kappa shape index (κ2) is 4.61. The zero-order chi connectivity index (χ0) is 10.7. The van der Waals surface area contributed by atoms with Crippen LogP contribution in [0, 0.1) is 0 Å². The van der Waals surface area contributed by atoms with Gasteiger partial charge in [-0.3, -0.25) is 4.90 Å². The molecule has 3 nitrogen and oxygen atoms in total. The molecule has 4 heteroatoms. The molecule has 15 heavy (non-hydrogen) atoms. The molecule has 1 N–H and O–H groups in total. The van der Waals surface area contributed by atoms with E-state index in [4.69, 9.17) is 4.74 Å². The molecule has 1 aliphatic heterocycles. The molecule has 84 valence electrons. The van der Waals surface area contributed by atoms with Crippen molar-refractivity contribution >= 4 is 11.3 Å². The first-order valence-electron chi connectivity index (χ1n) is 5.25. The fourth-order valence-electron chi connectivity index (χ4n) is 1.98. The minimum atomic E-state index is -0.238. The van der Waals surface area contributed by atoms with Crippen molar-refractivity contribution in [3.05, 3.63) is 22.4 Å². The van der Waals surface area contributed by atoms with Gasteiger partial charge in [0.05, 0.1) is 25.4 Å². The largest absolute Gasteiger partial charge is 0.394 e. The van der Waals surface area contributed by atoms with Crippen LogP contribution in [0.3, 0.4) is 0 Å². The Morgan fingerprint density at radius 3 is 2.80 bits per heavy atom. The van der Waals surface area contributed by atoms with Crippen molar-refractivity contribution in [2.75, 3.05) is 32.9 Å². The first-order valence-corrected chi connectivity index (χ1v) is 6.13. The SMILES string of the molecule is CC(CO)(c1cccs1)N1CCOCC1. The molecule has 1 aliphatic rings. The van der Waals surface area contributed by atoms with Gasteiger partial charge in [-0.1, -0.05) is 6.07 Å². The molecule has 1 aromatic rings. The molecule has 0 spiro atoms. The van der Waals surface area contributed by atoms with E-state index in [9.17, 15) is 5.11 Å². The molecule has 1 aromatic heterocycles. The molecule has 1 fully saturated rings. The predicted octanol–water partition coefficient (Wildman–Crippen LogP) is 1.29. The highest BCUT2D eigenvalue weighted by atomic mass is 32.1. The zero-order valence-electron chi connectivity index (χ0n) is 8.98. The molecule has 2 rings (SSSR count). The summed E-state index contributed by atoms with van der Waals surface area (Å²) in [5.74, 6) is 0. The Labute approximate surface area is 94.3 Å². The minimum absolute atomic E-state index is 0.160. The van der Waals surface area contributed by atoms with Gasteiger partial charge in [-0.25, -0.2) is 0 Å². The maximum atomic E-state index is 9.63. The highest BCUT2D eigenvalue weighted by Crippen LogP contribution is 2.31. The van der Waals surface area contributed by atoms with Gasteiger partial charge in [0.15, 0.2) is 0 Å². The van der Waals surface area contributed by atoms with E-state index in [2.05, 4.69) is 23.3 Å². The molecule has 0 saturated carbocycles. The Morgan fingerprint density at radius 1 is 1.53 bits per heavy atom. The predicted molar refractivity (Wildman–Crippen MR) is 61.1 cm³/mol. The molecular weight excluding hydrogens is 210 g/mol. The van der Waals surface area contributed by atoms with Crippen LogP contribution in [-0.2, 0) is 10.3 Å². The number of aliphatic hydroxyl groups excluding tert-OH is 1. The quantitative estimate of drug-likeness (QED) is 0.844. The Morgan fingerprint density at radius 2 is 2.27 bits per heavy atom. The number of morpholine rings is 1. The van der Waals surface area contributed by atoms with Crippen molar-refractivity contribution in [1.29, 1.82) is 0 Å². The Bertz CT molecular complexity index is 296. The first-order chi connectivity index (χ1) is 7.27. The molecule has 0 aliphatic carbocycles. The average Bonchev–Trinajstić information content (AvgIpc) is 2.83. The topological polar surface area (TPSA) is 32.7 Å². The van der Waals surface area contributed by atoms with Crippen LogP contribution < -0.4 is 0 Å². The van der Waals surface area contributed by atoms with Gasteiger partial charge < -0.3 is 9.84 Å². The highest BCUT2D eigenvalue weighted by Gasteiger charge is 2.34. The summed E-state index contributed by atoms with van der Waals surface area (Å²) in [4.78, 5) is 3.54. The summed E-state index contributed by atoms with van der Waals surface area (Å²) in [6.07, 6.45) is 0. The van der Waals surface area contributed by atoms with Crippen LogP contribution in [0.1, 0.15) is 11.8 Å². The number of rotatable bonds is 3. The lowest BCUT2D eigenvalue weighted by molar-refractivity contribution is -0.0377. The molecule has 0 bridgehead atoms. The number of thiophene rings is 1. The summed E-state index contributed by atoms with van der Waals surface area (Å²) in [7, 11) is 0. The van der Waals surface area contributed by atoms with Crippen LogP contribution in [0.2, 0.25) is 0 Å². The van der Waals surface area contributed by atoms with Gasteiger partial charge in [-0.15, -0.1) is 11.3 Å². The second-order valence-electron chi connectivity index (χ2n) is 4.01. The van der Waals surface area contributed by atoms with Gasteiger partial charge in [0.25, 0.3) is 0 Å². The number of aliphatic hydroxyl groups is 1. The molecule has 1 unspecified atom stereocenters. The minimum Gasteiger partial charge on any atom is -0.394 e. The van der Waals surface area contributed by atoms with Crippen molar-refractivity contribution < 1.29 is 9.84 Å². The van der Waals surface area contributed by atoms with E-state index in [0.717, 1.165) is 26.3 Å². The van der Waals surface area contributed by atoms with E-state index in [0.29, 0.717) is 0 Å². The summed E-state index contributed by atoms with van der Waals surface area (Å²) in [6.45, 7) is 5.59. The molecular formula is C11H17NO2S. The number of nitrogens with zero attached hydrogens (tertiary/aromatic N) is 1. The van der Waals surface area contributed by atoms with Crippen LogP contribution >= 0.6 is 11.3 Å². The highest BCUT2D eigenvalue weighted by molar-refractivity contribution is 7.10. The fraction of sp³-hybridized carbons (Fsp3) is 0.636. The fourth-order valence-corrected chi connectivity index (χ4v) is 2.88. The first kappa shape index (κ1) is 11.1. The maximum absolute atomic E-state index is 9.63. The monoisotopic (exact) mass is 227 g/mol. The van der Waals surface area contributed by atoms with E-state index in [1.54, 1.807) is 11.3 Å². The van der Waals surface area contributed by atoms with Gasteiger partial charge >= 0.3 is 0 Å². The smallest absolute Gasteiger partial charge is 0.0760 e. The van der Waals surface area contributed by atoms with Crippen molar-refractivity contribution in [2.45, 2.75) is 12.5 Å². The number of ether oxygens (including phenoxy) is 1. The van der Waals surface area contributed by atoms with Crippen LogP contribution in [0.5, 0.6) is 0 Å². The third kappa shape index (κ3) is 2.08. The van der Waals surface area contributed by atoms with Crippen LogP contribution in [0.25, 0.3) is 0 Å². The van der Waals surface area contributed by atoms with Gasteiger partial charge in [0.1, 0.15) is 0 Å². The van der Waals surface area contributed by atoms with Crippen LogP contribution in [0.4, 0.5) is 0 Å². The normalized spacial score (nSPS) is 22.5. The Kier molecular flexibility index (Phi) is 3.41. The summed E-state index contributed by atoms with van der Waals surface area (Å²) < 4.78 is 5.34. The summed E-state index contributed by atoms with van der Waals surface area (Å²) >= 11 is 1.71. The lowest BCUT2D eigenvalue weighted by Crippen LogP contribution is -2.51. The van der Waals surface area contributed by atoms with Gasteiger partial charge in [-0.05, 0) is 18.4 Å². The molecule has 0 aromatic carbocycles. The number of hydrogen-bond donors (Lipinski definition) is 1. The Balaban J connectivity index is 2.20. The van der Waals surface area contributed by atoms with Crippen molar-refractivity contribution in [3.8, 4) is 0 Å². The maximum Gasteiger partial charge on any atom is 0.0760 e. The lowest BCUT2D eigenvalue weighted by Gasteiger charge is -2.41. The standard InChI is InChI=1S/C11H17NO2S/c1-11(9-13,10-3-2-8-15-10)12-4-6-14-7-5-12/h2-3,8,13H,4-7,9H2,1H3. The van der Waals surface area contributed by atoms with E-state index < -0.39 is 0 Å². The molecule has 1 atom stereocenters. The third-order valence-electron chi connectivity index (χ3n) is 3.07. The van der Waals surface area contributed by atoms with Crippen LogP contribution in [-0.4, -0.2) is 42.9 Å². The second-order valence-corrected chi connectivity index (χ2v) is 4.96. The van der Waals surface area contributed by atoms with E-state index in [1.807, 2.05) is 6.07 Å². The molecule has 0 amide bonds. The third-order valence-corrected chi connectivity index (χ3v) is 4.19.